The van der Waals surface area contributed by atoms with E-state index in [-0.39, 0.29) is 0 Å². The van der Waals surface area contributed by atoms with Crippen molar-refractivity contribution in [3.05, 3.63) is 36.4 Å². The average molecular weight is 351 g/mol. The molecule has 0 aliphatic carbocycles. The van der Waals surface area contributed by atoms with Crippen molar-refractivity contribution in [1.29, 1.82) is 0 Å². The van der Waals surface area contributed by atoms with Crippen LogP contribution in [0.5, 0.6) is 0 Å². The molecule has 0 N–H and O–H groups in total. The van der Waals surface area contributed by atoms with Gasteiger partial charge in [0.05, 0.1) is 5.69 Å². The lowest BCUT2D eigenvalue weighted by atomic mass is 10.0. The van der Waals surface area contributed by atoms with Crippen LogP contribution in [0.3, 0.4) is 0 Å². The van der Waals surface area contributed by atoms with Crippen molar-refractivity contribution in [1.82, 2.24) is 9.97 Å². The Balaban J connectivity index is 1.74. The van der Waals surface area contributed by atoms with Crippen molar-refractivity contribution in [2.45, 2.75) is 57.9 Å². The maximum atomic E-state index is 5.05. The van der Waals surface area contributed by atoms with Crippen LogP contribution < -0.4 is 9.80 Å². The number of nitrogens with zero attached hydrogens (tertiary/aromatic N) is 4. The largest absolute Gasteiger partial charge is 0.356 e. The Morgan fingerprint density at radius 2 is 1.69 bits per heavy atom. The van der Waals surface area contributed by atoms with Crippen LogP contribution in [0.15, 0.2) is 36.4 Å². The van der Waals surface area contributed by atoms with Gasteiger partial charge in [0.15, 0.2) is 0 Å². The van der Waals surface area contributed by atoms with Crippen LogP contribution in [-0.2, 0) is 0 Å². The second kappa shape index (κ2) is 8.07. The van der Waals surface area contributed by atoms with Gasteiger partial charge in [0.25, 0.3) is 0 Å². The van der Waals surface area contributed by atoms with Crippen LogP contribution in [0.2, 0.25) is 0 Å². The second-order valence-electron chi connectivity index (χ2n) is 7.58. The second-order valence-corrected chi connectivity index (χ2v) is 7.58. The third kappa shape index (κ3) is 3.69. The summed E-state index contributed by atoms with van der Waals surface area (Å²) in [5, 5.41) is 0. The van der Waals surface area contributed by atoms with Crippen LogP contribution in [0, 0.1) is 0 Å². The molecule has 0 amide bonds. The van der Waals surface area contributed by atoms with Gasteiger partial charge >= 0.3 is 0 Å². The maximum absolute atomic E-state index is 5.05. The van der Waals surface area contributed by atoms with Gasteiger partial charge in [0.2, 0.25) is 5.95 Å². The van der Waals surface area contributed by atoms with E-state index in [2.05, 4.69) is 53.1 Å². The zero-order chi connectivity index (χ0) is 17.8. The van der Waals surface area contributed by atoms with Crippen LogP contribution in [0.4, 0.5) is 11.8 Å². The molecule has 0 bridgehead atoms. The highest BCUT2D eigenvalue weighted by molar-refractivity contribution is 5.65. The fraction of sp³-hybridized carbons (Fsp3) is 0.545. The first-order valence-electron chi connectivity index (χ1n) is 10.3. The Kier molecular flexibility index (Phi) is 5.37. The number of hydrogen-bond acceptors (Lipinski definition) is 4. The summed E-state index contributed by atoms with van der Waals surface area (Å²) >= 11 is 0. The summed E-state index contributed by atoms with van der Waals surface area (Å²) in [6, 6.07) is 13.3. The predicted octanol–water partition coefficient (Wildman–Crippen LogP) is 4.90. The predicted molar refractivity (Wildman–Crippen MR) is 109 cm³/mol. The Morgan fingerprint density at radius 1 is 0.923 bits per heavy atom. The van der Waals surface area contributed by atoms with Gasteiger partial charge in [-0.15, -0.1) is 0 Å². The van der Waals surface area contributed by atoms with Crippen molar-refractivity contribution in [2.24, 2.45) is 0 Å². The smallest absolute Gasteiger partial charge is 0.228 e. The lowest BCUT2D eigenvalue weighted by molar-refractivity contribution is 0.443. The monoisotopic (exact) mass is 350 g/mol. The Bertz CT molecular complexity index is 709. The number of hydrogen-bond donors (Lipinski definition) is 0. The molecule has 4 nitrogen and oxygen atoms in total. The fourth-order valence-corrected chi connectivity index (χ4v) is 4.28. The number of rotatable bonds is 4. The van der Waals surface area contributed by atoms with Crippen molar-refractivity contribution >= 4 is 11.8 Å². The normalized spacial score (nSPS) is 21.0. The molecule has 1 aromatic heterocycles. The van der Waals surface area contributed by atoms with Gasteiger partial charge in [0.1, 0.15) is 5.82 Å². The molecule has 2 aromatic rings. The molecule has 2 fully saturated rings. The summed E-state index contributed by atoms with van der Waals surface area (Å²) in [6.45, 7) is 5.59. The molecule has 0 radical (unpaired) electrons. The van der Waals surface area contributed by atoms with E-state index < -0.39 is 0 Å². The molecule has 2 aliphatic heterocycles. The van der Waals surface area contributed by atoms with Crippen molar-refractivity contribution in [3.8, 4) is 11.3 Å². The maximum Gasteiger partial charge on any atom is 0.228 e. The SMILES string of the molecule is CCC1CCCCN1c1nc(-c2ccccc2)cc(N2CCCCC2)n1. The molecular formula is C22H30N4. The molecule has 2 aliphatic rings. The minimum Gasteiger partial charge on any atom is -0.356 e. The van der Waals surface area contributed by atoms with E-state index in [1.165, 1.54) is 44.1 Å². The van der Waals surface area contributed by atoms with Crippen molar-refractivity contribution in [3.63, 3.8) is 0 Å². The minimum absolute atomic E-state index is 0.573. The molecule has 4 rings (SSSR count). The van der Waals surface area contributed by atoms with Gasteiger partial charge in [0, 0.05) is 37.3 Å². The Morgan fingerprint density at radius 3 is 2.46 bits per heavy atom. The summed E-state index contributed by atoms with van der Waals surface area (Å²) in [7, 11) is 0. The molecule has 138 valence electrons. The first-order valence-corrected chi connectivity index (χ1v) is 10.3. The van der Waals surface area contributed by atoms with E-state index >= 15 is 0 Å². The zero-order valence-corrected chi connectivity index (χ0v) is 15.9. The number of anilines is 2. The highest BCUT2D eigenvalue weighted by Crippen LogP contribution is 2.30. The van der Waals surface area contributed by atoms with Gasteiger partial charge in [-0.1, -0.05) is 37.3 Å². The van der Waals surface area contributed by atoms with Crippen LogP contribution in [0.25, 0.3) is 11.3 Å². The average Bonchev–Trinajstić information content (AvgIpc) is 2.74. The summed E-state index contributed by atoms with van der Waals surface area (Å²) in [6.07, 6.45) is 8.86. The molecule has 2 saturated heterocycles. The molecule has 0 saturated carbocycles. The van der Waals surface area contributed by atoms with Crippen molar-refractivity contribution in [2.75, 3.05) is 29.4 Å². The first kappa shape index (κ1) is 17.3. The third-order valence-corrected chi connectivity index (χ3v) is 5.81. The molecule has 1 unspecified atom stereocenters. The highest BCUT2D eigenvalue weighted by atomic mass is 15.3. The molecule has 26 heavy (non-hydrogen) atoms. The van der Waals surface area contributed by atoms with Gasteiger partial charge in [-0.2, -0.15) is 4.98 Å². The summed E-state index contributed by atoms with van der Waals surface area (Å²) in [4.78, 5) is 15.0. The van der Waals surface area contributed by atoms with E-state index in [4.69, 9.17) is 9.97 Å². The number of aromatic nitrogens is 2. The highest BCUT2D eigenvalue weighted by Gasteiger charge is 2.25. The summed E-state index contributed by atoms with van der Waals surface area (Å²) < 4.78 is 0. The first-order chi connectivity index (χ1) is 12.8. The minimum atomic E-state index is 0.573. The lowest BCUT2D eigenvalue weighted by Crippen LogP contribution is -2.40. The summed E-state index contributed by atoms with van der Waals surface area (Å²) in [5.74, 6) is 2.03. The van der Waals surface area contributed by atoms with Crippen LogP contribution in [0.1, 0.15) is 51.9 Å². The van der Waals surface area contributed by atoms with E-state index in [0.717, 1.165) is 43.5 Å². The Labute approximate surface area is 157 Å². The van der Waals surface area contributed by atoms with E-state index in [9.17, 15) is 0 Å². The molecule has 3 heterocycles. The van der Waals surface area contributed by atoms with Gasteiger partial charge in [-0.25, -0.2) is 4.98 Å². The van der Waals surface area contributed by atoms with Crippen LogP contribution >= 0.6 is 0 Å². The lowest BCUT2D eigenvalue weighted by Gasteiger charge is -2.36. The van der Waals surface area contributed by atoms with Crippen molar-refractivity contribution < 1.29 is 0 Å². The quantitative estimate of drug-likeness (QED) is 0.785. The van der Waals surface area contributed by atoms with E-state index in [0.29, 0.717) is 6.04 Å². The Hall–Kier alpha value is -2.10. The van der Waals surface area contributed by atoms with Gasteiger partial charge < -0.3 is 9.80 Å². The van der Waals surface area contributed by atoms with Gasteiger partial charge in [-0.3, -0.25) is 0 Å². The molecule has 1 aromatic carbocycles. The van der Waals surface area contributed by atoms with E-state index in [1.807, 2.05) is 0 Å². The fourth-order valence-electron chi connectivity index (χ4n) is 4.28. The zero-order valence-electron chi connectivity index (χ0n) is 15.9. The number of benzene rings is 1. The standard InChI is InChI=1S/C22H30N4/c1-2-19-13-7-10-16-26(19)22-23-20(18-11-5-3-6-12-18)17-21(24-22)25-14-8-4-9-15-25/h3,5-6,11-12,17,19H,2,4,7-10,13-16H2,1H3. The summed E-state index contributed by atoms with van der Waals surface area (Å²) in [5.41, 5.74) is 2.23. The molecule has 0 spiro atoms. The number of piperidine rings is 2. The third-order valence-electron chi connectivity index (χ3n) is 5.81. The molecule has 4 heteroatoms. The van der Waals surface area contributed by atoms with E-state index in [1.54, 1.807) is 0 Å². The molecular weight excluding hydrogens is 320 g/mol. The topological polar surface area (TPSA) is 32.3 Å². The van der Waals surface area contributed by atoms with Crippen LogP contribution in [-0.4, -0.2) is 35.6 Å². The van der Waals surface area contributed by atoms with Gasteiger partial charge in [-0.05, 0) is 44.9 Å². The molecule has 1 atom stereocenters.